The number of carboxylic acid groups (broad SMARTS) is 1. The second kappa shape index (κ2) is 20.8. The van der Waals surface area contributed by atoms with Crippen LogP contribution in [0.5, 0.6) is 0 Å². The van der Waals surface area contributed by atoms with Crippen LogP contribution in [0.2, 0.25) is 0 Å². The minimum absolute atomic E-state index is 0. The Labute approximate surface area is 174 Å². The average Bonchev–Trinajstić information content (AvgIpc) is 2.43. The van der Waals surface area contributed by atoms with Gasteiger partial charge in [0.05, 0.1) is 0 Å². The first-order chi connectivity index (χ1) is 9.77. The van der Waals surface area contributed by atoms with Gasteiger partial charge in [0, 0.05) is 57.8 Å². The van der Waals surface area contributed by atoms with Crippen LogP contribution < -0.4 is 0 Å². The number of unbranched alkanes of at least 4 members (excludes halogenated alkanes) is 11. The van der Waals surface area contributed by atoms with E-state index in [9.17, 15) is 4.79 Å². The van der Waals surface area contributed by atoms with Crippen molar-refractivity contribution in [1.29, 1.82) is 0 Å². The first kappa shape index (κ1) is 24.1. The van der Waals surface area contributed by atoms with Crippen LogP contribution in [0.4, 0.5) is 0 Å². The van der Waals surface area contributed by atoms with Crippen LogP contribution in [0, 0.1) is 0 Å². The van der Waals surface area contributed by atoms with Gasteiger partial charge in [-0.3, -0.25) is 4.79 Å². The van der Waals surface area contributed by atoms with Crippen molar-refractivity contribution >= 4 is 57.4 Å². The SMILES string of the molecule is CCCCCCCCC=CCCCCCCCC(=O)O.[K]. The number of hydrogen-bond donors (Lipinski definition) is 1. The zero-order chi connectivity index (χ0) is 14.9. The van der Waals surface area contributed by atoms with Crippen molar-refractivity contribution < 1.29 is 9.90 Å². The van der Waals surface area contributed by atoms with E-state index in [2.05, 4.69) is 19.1 Å². The second-order valence-electron chi connectivity index (χ2n) is 5.73. The van der Waals surface area contributed by atoms with Crippen molar-refractivity contribution in [3.63, 3.8) is 0 Å². The average molecular weight is 322 g/mol. The zero-order valence-electron chi connectivity index (χ0n) is 14.4. The molecule has 0 aliphatic carbocycles. The van der Waals surface area contributed by atoms with E-state index >= 15 is 0 Å². The van der Waals surface area contributed by atoms with Gasteiger partial charge in [-0.15, -0.1) is 0 Å². The normalized spacial score (nSPS) is 10.7. The summed E-state index contributed by atoms with van der Waals surface area (Å²) in [5, 5.41) is 8.51. The number of aliphatic carboxylic acids is 1. The Morgan fingerprint density at radius 2 is 1.19 bits per heavy atom. The fraction of sp³-hybridized carbons (Fsp3) is 0.833. The van der Waals surface area contributed by atoms with Crippen LogP contribution in [-0.4, -0.2) is 62.5 Å². The number of allylic oxidation sites excluding steroid dienone is 2. The van der Waals surface area contributed by atoms with Gasteiger partial charge in [0.15, 0.2) is 0 Å². The molecule has 0 saturated heterocycles. The molecule has 1 N–H and O–H groups in total. The van der Waals surface area contributed by atoms with Crippen molar-refractivity contribution in [2.45, 2.75) is 96.8 Å². The molecule has 0 aromatic rings. The molecule has 2 nitrogen and oxygen atoms in total. The maximum absolute atomic E-state index is 10.3. The third-order valence-electron chi connectivity index (χ3n) is 3.65. The number of carbonyl (C=O) groups is 1. The summed E-state index contributed by atoms with van der Waals surface area (Å²) in [6.07, 6.45) is 21.2. The van der Waals surface area contributed by atoms with Gasteiger partial charge >= 0.3 is 5.97 Å². The molecule has 0 aromatic heterocycles. The number of hydrogen-bond acceptors (Lipinski definition) is 1. The van der Waals surface area contributed by atoms with Crippen molar-refractivity contribution in [1.82, 2.24) is 0 Å². The van der Waals surface area contributed by atoms with E-state index in [-0.39, 0.29) is 51.4 Å². The molecule has 0 aliphatic rings. The van der Waals surface area contributed by atoms with E-state index in [0.717, 1.165) is 12.8 Å². The summed E-state index contributed by atoms with van der Waals surface area (Å²) < 4.78 is 0. The minimum atomic E-state index is -0.664. The predicted molar refractivity (Wildman–Crippen MR) is 92.8 cm³/mol. The standard InChI is InChI=1S/C18H34O2.K/c1-2-3-4-5-6-7-8-9-10-11-12-13-14-15-16-17-18(19)20;/h9-10H,2-8,11-17H2,1H3,(H,19,20);. The first-order valence-corrected chi connectivity index (χ1v) is 8.64. The molecular weight excluding hydrogens is 287 g/mol. The maximum atomic E-state index is 10.3. The van der Waals surface area contributed by atoms with Gasteiger partial charge < -0.3 is 5.11 Å². The molecular formula is C18H34KO2. The minimum Gasteiger partial charge on any atom is -0.481 e. The van der Waals surface area contributed by atoms with Crippen molar-refractivity contribution in [2.75, 3.05) is 0 Å². The van der Waals surface area contributed by atoms with Gasteiger partial charge in [-0.1, -0.05) is 70.4 Å². The van der Waals surface area contributed by atoms with Crippen LogP contribution in [0.15, 0.2) is 12.2 Å². The second-order valence-corrected chi connectivity index (χ2v) is 5.73. The summed E-state index contributed by atoms with van der Waals surface area (Å²) in [5.74, 6) is -0.664. The van der Waals surface area contributed by atoms with Gasteiger partial charge in [0.1, 0.15) is 0 Å². The summed E-state index contributed by atoms with van der Waals surface area (Å²) in [4.78, 5) is 10.3. The smallest absolute Gasteiger partial charge is 0.303 e. The Morgan fingerprint density at radius 1 is 0.762 bits per heavy atom. The quantitative estimate of drug-likeness (QED) is 0.238. The molecule has 0 unspecified atom stereocenters. The molecule has 0 fully saturated rings. The number of rotatable bonds is 15. The molecule has 21 heavy (non-hydrogen) atoms. The Kier molecular flexibility index (Phi) is 23.9. The third-order valence-corrected chi connectivity index (χ3v) is 3.65. The van der Waals surface area contributed by atoms with E-state index in [0.29, 0.717) is 6.42 Å². The van der Waals surface area contributed by atoms with Crippen LogP contribution in [0.1, 0.15) is 96.8 Å². The van der Waals surface area contributed by atoms with E-state index in [1.165, 1.54) is 70.6 Å². The summed E-state index contributed by atoms with van der Waals surface area (Å²) in [7, 11) is 0. The van der Waals surface area contributed by atoms with Crippen molar-refractivity contribution in [3.8, 4) is 0 Å². The molecule has 0 heterocycles. The maximum Gasteiger partial charge on any atom is 0.303 e. The monoisotopic (exact) mass is 321 g/mol. The Hall–Kier alpha value is 0.846. The summed E-state index contributed by atoms with van der Waals surface area (Å²) in [5.41, 5.74) is 0. The Bertz CT molecular complexity index is 239. The van der Waals surface area contributed by atoms with Crippen LogP contribution in [-0.2, 0) is 4.79 Å². The molecule has 3 heteroatoms. The van der Waals surface area contributed by atoms with Gasteiger partial charge in [-0.05, 0) is 32.1 Å². The predicted octanol–water partition coefficient (Wildman–Crippen LogP) is 5.73. The van der Waals surface area contributed by atoms with Gasteiger partial charge in [0.2, 0.25) is 0 Å². The molecule has 0 rings (SSSR count). The van der Waals surface area contributed by atoms with Crippen LogP contribution >= 0.6 is 0 Å². The fourth-order valence-corrected chi connectivity index (χ4v) is 2.35. The molecule has 0 bridgehead atoms. The molecule has 1 radical (unpaired) electrons. The Morgan fingerprint density at radius 3 is 1.67 bits per heavy atom. The molecule has 0 aliphatic heterocycles. The van der Waals surface area contributed by atoms with Crippen molar-refractivity contribution in [2.24, 2.45) is 0 Å². The summed E-state index contributed by atoms with van der Waals surface area (Å²) in [6.45, 7) is 2.26. The van der Waals surface area contributed by atoms with Crippen LogP contribution in [0.25, 0.3) is 0 Å². The molecule has 0 amide bonds. The molecule has 119 valence electrons. The molecule has 0 aromatic carbocycles. The van der Waals surface area contributed by atoms with Gasteiger partial charge in [-0.25, -0.2) is 0 Å². The fourth-order valence-electron chi connectivity index (χ4n) is 2.35. The van der Waals surface area contributed by atoms with Gasteiger partial charge in [-0.2, -0.15) is 0 Å². The number of carboxylic acids is 1. The Balaban J connectivity index is 0. The van der Waals surface area contributed by atoms with E-state index < -0.39 is 5.97 Å². The van der Waals surface area contributed by atoms with Gasteiger partial charge in [0.25, 0.3) is 0 Å². The molecule has 0 spiro atoms. The van der Waals surface area contributed by atoms with E-state index in [1.807, 2.05) is 0 Å². The van der Waals surface area contributed by atoms with Crippen molar-refractivity contribution in [3.05, 3.63) is 12.2 Å². The molecule has 0 saturated carbocycles. The largest absolute Gasteiger partial charge is 0.481 e. The van der Waals surface area contributed by atoms with Crippen LogP contribution in [0.3, 0.4) is 0 Å². The third kappa shape index (κ3) is 23.2. The zero-order valence-corrected chi connectivity index (χ0v) is 17.5. The molecule has 0 atom stereocenters. The topological polar surface area (TPSA) is 37.3 Å². The first-order valence-electron chi connectivity index (χ1n) is 8.64. The summed E-state index contributed by atoms with van der Waals surface area (Å²) >= 11 is 0. The summed E-state index contributed by atoms with van der Waals surface area (Å²) in [6, 6.07) is 0. The van der Waals surface area contributed by atoms with E-state index in [1.54, 1.807) is 0 Å². The van der Waals surface area contributed by atoms with E-state index in [4.69, 9.17) is 5.11 Å².